The van der Waals surface area contributed by atoms with Gasteiger partial charge in [0.2, 0.25) is 5.91 Å². The van der Waals surface area contributed by atoms with Crippen LogP contribution in [0.15, 0.2) is 27.4 Å². The SMILES string of the molecule is CC(C)CC(N1CC[C@H](O)C1)N(C)C(=O)Cc1ccc2oc(=O)[nH]c2c1. The first-order valence-corrected chi connectivity index (χ1v) is 9.13. The van der Waals surface area contributed by atoms with E-state index < -0.39 is 5.76 Å². The van der Waals surface area contributed by atoms with E-state index in [1.165, 1.54) is 0 Å². The molecule has 142 valence electrons. The second-order valence-corrected chi connectivity index (χ2v) is 7.57. The number of aliphatic hydroxyl groups is 1. The topological polar surface area (TPSA) is 89.8 Å². The number of carbonyl (C=O) groups is 1. The number of oxazole rings is 1. The number of aliphatic hydroxyl groups excluding tert-OH is 1. The van der Waals surface area contributed by atoms with E-state index in [9.17, 15) is 14.7 Å². The number of rotatable bonds is 6. The molecule has 0 spiro atoms. The number of H-pyrrole nitrogens is 1. The predicted octanol–water partition coefficient (Wildman–Crippen LogP) is 1.56. The smallest absolute Gasteiger partial charge is 0.408 e. The lowest BCUT2D eigenvalue weighted by Crippen LogP contribution is -2.49. The molecule has 0 bridgehead atoms. The molecule has 1 unspecified atom stereocenters. The molecule has 1 aromatic heterocycles. The average molecular weight is 361 g/mol. The Bertz CT molecular complexity index is 826. The van der Waals surface area contributed by atoms with E-state index in [1.54, 1.807) is 17.0 Å². The number of fused-ring (bicyclic) bond motifs is 1. The summed E-state index contributed by atoms with van der Waals surface area (Å²) in [6.07, 6.45) is 1.54. The highest BCUT2D eigenvalue weighted by molar-refractivity contribution is 5.81. The van der Waals surface area contributed by atoms with E-state index >= 15 is 0 Å². The highest BCUT2D eigenvalue weighted by Gasteiger charge is 2.31. The quantitative estimate of drug-likeness (QED) is 0.815. The lowest BCUT2D eigenvalue weighted by atomic mass is 10.1. The zero-order chi connectivity index (χ0) is 18.8. The summed E-state index contributed by atoms with van der Waals surface area (Å²) in [5, 5.41) is 9.86. The number of β-amino-alcohol motifs (C(OH)–C–C–N with tert-alkyl or cyclic N) is 1. The Morgan fingerprint density at radius 1 is 1.46 bits per heavy atom. The van der Waals surface area contributed by atoms with Gasteiger partial charge in [0.15, 0.2) is 5.58 Å². The Morgan fingerprint density at radius 2 is 2.23 bits per heavy atom. The molecule has 7 nitrogen and oxygen atoms in total. The lowest BCUT2D eigenvalue weighted by Gasteiger charge is -2.36. The summed E-state index contributed by atoms with van der Waals surface area (Å²) in [6.45, 7) is 5.69. The van der Waals surface area contributed by atoms with Crippen LogP contribution >= 0.6 is 0 Å². The van der Waals surface area contributed by atoms with Crippen molar-refractivity contribution in [1.29, 1.82) is 0 Å². The molecule has 1 saturated heterocycles. The Hall–Kier alpha value is -2.12. The maximum atomic E-state index is 12.9. The lowest BCUT2D eigenvalue weighted by molar-refractivity contribution is -0.135. The van der Waals surface area contributed by atoms with Gasteiger partial charge in [0.05, 0.1) is 24.2 Å². The third-order valence-corrected chi connectivity index (χ3v) is 4.98. The van der Waals surface area contributed by atoms with E-state index in [1.807, 2.05) is 13.1 Å². The van der Waals surface area contributed by atoms with Crippen molar-refractivity contribution in [1.82, 2.24) is 14.8 Å². The summed E-state index contributed by atoms with van der Waals surface area (Å²) < 4.78 is 5.00. The van der Waals surface area contributed by atoms with E-state index in [2.05, 4.69) is 23.7 Å². The second kappa shape index (κ2) is 7.63. The van der Waals surface area contributed by atoms with Gasteiger partial charge in [-0.25, -0.2) is 4.79 Å². The van der Waals surface area contributed by atoms with Crippen LogP contribution in [0.25, 0.3) is 11.1 Å². The highest BCUT2D eigenvalue weighted by atomic mass is 16.4. The Labute approximate surface area is 152 Å². The number of nitrogens with one attached hydrogen (secondary N) is 1. The number of amides is 1. The molecule has 1 aliphatic rings. The largest absolute Gasteiger partial charge is 0.417 e. The molecule has 2 N–H and O–H groups in total. The summed E-state index contributed by atoms with van der Waals surface area (Å²) in [5.41, 5.74) is 1.92. The van der Waals surface area contributed by atoms with Crippen LogP contribution in [-0.2, 0) is 11.2 Å². The van der Waals surface area contributed by atoms with Crippen LogP contribution in [0.5, 0.6) is 0 Å². The zero-order valence-electron chi connectivity index (χ0n) is 15.6. The van der Waals surface area contributed by atoms with E-state index in [-0.39, 0.29) is 24.6 Å². The van der Waals surface area contributed by atoms with Crippen LogP contribution in [-0.4, -0.2) is 58.2 Å². The third kappa shape index (κ3) is 4.16. The van der Waals surface area contributed by atoms with E-state index in [4.69, 9.17) is 4.42 Å². The standard InChI is InChI=1S/C19H27N3O4/c1-12(2)8-17(22-7-6-14(23)11-22)21(3)18(24)10-13-4-5-16-15(9-13)20-19(25)26-16/h4-5,9,12,14,17,23H,6-8,10-11H2,1-3H3,(H,20,25)/t14-,17?/m0/s1. The van der Waals surface area contributed by atoms with Crippen molar-refractivity contribution in [3.8, 4) is 0 Å². The Kier molecular flexibility index (Phi) is 5.48. The molecule has 7 heteroatoms. The van der Waals surface area contributed by atoms with Gasteiger partial charge in [0, 0.05) is 20.1 Å². The molecule has 0 aliphatic carbocycles. The summed E-state index contributed by atoms with van der Waals surface area (Å²) in [7, 11) is 1.83. The van der Waals surface area contributed by atoms with Gasteiger partial charge < -0.3 is 14.4 Å². The maximum absolute atomic E-state index is 12.9. The molecule has 0 saturated carbocycles. The fourth-order valence-electron chi connectivity index (χ4n) is 3.59. The molecule has 3 rings (SSSR count). The first-order chi connectivity index (χ1) is 12.3. The Balaban J connectivity index is 1.73. The summed E-state index contributed by atoms with van der Waals surface area (Å²) in [5.74, 6) is -0.0345. The van der Waals surface area contributed by atoms with Gasteiger partial charge in [-0.2, -0.15) is 0 Å². The minimum atomic E-state index is -0.495. The fourth-order valence-corrected chi connectivity index (χ4v) is 3.59. The monoisotopic (exact) mass is 361 g/mol. The van der Waals surface area contributed by atoms with Gasteiger partial charge in [-0.15, -0.1) is 0 Å². The predicted molar refractivity (Wildman–Crippen MR) is 98.7 cm³/mol. The minimum Gasteiger partial charge on any atom is -0.408 e. The molecular formula is C19H27N3O4. The van der Waals surface area contributed by atoms with Crippen molar-refractivity contribution < 1.29 is 14.3 Å². The number of hydrogen-bond donors (Lipinski definition) is 2. The van der Waals surface area contributed by atoms with Crippen LogP contribution in [0.4, 0.5) is 0 Å². The molecule has 1 fully saturated rings. The highest BCUT2D eigenvalue weighted by Crippen LogP contribution is 2.21. The van der Waals surface area contributed by atoms with Crippen molar-refractivity contribution >= 4 is 17.0 Å². The molecule has 1 aliphatic heterocycles. The van der Waals surface area contributed by atoms with Gasteiger partial charge in [0.1, 0.15) is 0 Å². The van der Waals surface area contributed by atoms with Crippen molar-refractivity contribution in [3.05, 3.63) is 34.3 Å². The third-order valence-electron chi connectivity index (χ3n) is 4.98. The van der Waals surface area contributed by atoms with Gasteiger partial charge in [-0.3, -0.25) is 14.7 Å². The summed E-state index contributed by atoms with van der Waals surface area (Å²) in [6, 6.07) is 5.29. The zero-order valence-corrected chi connectivity index (χ0v) is 15.6. The van der Waals surface area contributed by atoms with Crippen molar-refractivity contribution in [2.75, 3.05) is 20.1 Å². The van der Waals surface area contributed by atoms with Crippen LogP contribution in [0.3, 0.4) is 0 Å². The second-order valence-electron chi connectivity index (χ2n) is 7.57. The number of aromatic nitrogens is 1. The van der Waals surface area contributed by atoms with E-state index in [0.29, 0.717) is 23.6 Å². The van der Waals surface area contributed by atoms with Crippen molar-refractivity contribution in [2.45, 2.75) is 45.4 Å². The molecule has 2 heterocycles. The first-order valence-electron chi connectivity index (χ1n) is 9.13. The normalized spacial score (nSPS) is 19.3. The number of aromatic amines is 1. The van der Waals surface area contributed by atoms with Gasteiger partial charge in [-0.1, -0.05) is 19.9 Å². The number of carbonyl (C=O) groups excluding carboxylic acids is 1. The van der Waals surface area contributed by atoms with Crippen molar-refractivity contribution in [3.63, 3.8) is 0 Å². The summed E-state index contributed by atoms with van der Waals surface area (Å²) >= 11 is 0. The maximum Gasteiger partial charge on any atom is 0.417 e. The van der Waals surface area contributed by atoms with Crippen LogP contribution < -0.4 is 5.76 Å². The molecule has 1 aromatic carbocycles. The Morgan fingerprint density at radius 3 is 2.88 bits per heavy atom. The molecule has 2 atom stereocenters. The van der Waals surface area contributed by atoms with Gasteiger partial charge >= 0.3 is 5.76 Å². The minimum absolute atomic E-state index is 0.0160. The van der Waals surface area contributed by atoms with E-state index in [0.717, 1.165) is 24.9 Å². The number of benzene rings is 1. The number of nitrogens with zero attached hydrogens (tertiary/aromatic N) is 2. The van der Waals surface area contributed by atoms with Gasteiger partial charge in [0.25, 0.3) is 0 Å². The molecule has 1 amide bonds. The van der Waals surface area contributed by atoms with Gasteiger partial charge in [-0.05, 0) is 36.5 Å². The summed E-state index contributed by atoms with van der Waals surface area (Å²) in [4.78, 5) is 30.7. The number of hydrogen-bond acceptors (Lipinski definition) is 5. The van der Waals surface area contributed by atoms with Crippen LogP contribution in [0.2, 0.25) is 0 Å². The average Bonchev–Trinajstić information content (AvgIpc) is 3.16. The number of likely N-dealkylation sites (N-methyl/N-ethyl adjacent to an activating group) is 1. The fraction of sp³-hybridized carbons (Fsp3) is 0.579. The molecule has 2 aromatic rings. The molecule has 0 radical (unpaired) electrons. The molecular weight excluding hydrogens is 334 g/mol. The van der Waals surface area contributed by atoms with Crippen molar-refractivity contribution in [2.24, 2.45) is 5.92 Å². The molecule has 26 heavy (non-hydrogen) atoms. The first kappa shape index (κ1) is 18.7. The number of likely N-dealkylation sites (tertiary alicyclic amines) is 1. The van der Waals surface area contributed by atoms with Crippen LogP contribution in [0, 0.1) is 5.92 Å². The van der Waals surface area contributed by atoms with Crippen LogP contribution in [0.1, 0.15) is 32.3 Å².